The molecule has 9 nitrogen and oxygen atoms in total. The maximum Gasteiger partial charge on any atom is 0.229 e. The van der Waals surface area contributed by atoms with Crippen LogP contribution in [-0.2, 0) is 16.0 Å². The molecule has 0 atom stereocenters. The van der Waals surface area contributed by atoms with Gasteiger partial charge in [0.05, 0.1) is 6.42 Å². The molecule has 4 N–H and O–H groups in total. The number of benzene rings is 1. The number of nitrogens with one attached hydrogen (secondary N) is 2. The van der Waals surface area contributed by atoms with Gasteiger partial charge >= 0.3 is 0 Å². The van der Waals surface area contributed by atoms with Crippen LogP contribution in [0.4, 0.5) is 17.5 Å². The van der Waals surface area contributed by atoms with Gasteiger partial charge in [-0.05, 0) is 43.5 Å². The molecule has 1 saturated heterocycles. The van der Waals surface area contributed by atoms with E-state index in [1.54, 1.807) is 0 Å². The Labute approximate surface area is 188 Å². The van der Waals surface area contributed by atoms with E-state index in [-0.39, 0.29) is 18.2 Å². The smallest absolute Gasteiger partial charge is 0.229 e. The predicted molar refractivity (Wildman–Crippen MR) is 124 cm³/mol. The molecule has 0 radical (unpaired) electrons. The van der Waals surface area contributed by atoms with Crippen LogP contribution in [0, 0.1) is 0 Å². The number of hydrogen-bond donors (Lipinski definition) is 3. The number of primary amides is 1. The Kier molecular flexibility index (Phi) is 6.84. The van der Waals surface area contributed by atoms with E-state index in [4.69, 9.17) is 5.73 Å². The maximum atomic E-state index is 12.7. The number of aromatic nitrogens is 2. The predicted octanol–water partition coefficient (Wildman–Crippen LogP) is 1.70. The van der Waals surface area contributed by atoms with E-state index >= 15 is 0 Å². The number of nitrogens with zero attached hydrogens (tertiary/aromatic N) is 4. The first kappa shape index (κ1) is 22.0. The van der Waals surface area contributed by atoms with Crippen LogP contribution in [0.25, 0.3) is 0 Å². The summed E-state index contributed by atoms with van der Waals surface area (Å²) < 4.78 is 0. The van der Waals surface area contributed by atoms with Gasteiger partial charge in [0.2, 0.25) is 17.8 Å². The van der Waals surface area contributed by atoms with Crippen LogP contribution in [-0.4, -0.2) is 71.4 Å². The topological polar surface area (TPSA) is 116 Å². The Bertz CT molecular complexity index is 969. The van der Waals surface area contributed by atoms with E-state index in [0.717, 1.165) is 61.7 Å². The molecule has 2 amide bonds. The van der Waals surface area contributed by atoms with Gasteiger partial charge in [0.15, 0.2) is 0 Å². The summed E-state index contributed by atoms with van der Waals surface area (Å²) >= 11 is 0. The SMILES string of the molecule is CN1CCN(C(=O)Cc2cccc(Nc3ncc(C4CC4)c(NCCC(N)=O)n3)c2)CC1. The van der Waals surface area contributed by atoms with Crippen molar-refractivity contribution in [2.45, 2.75) is 31.6 Å². The van der Waals surface area contributed by atoms with E-state index in [9.17, 15) is 9.59 Å². The molecule has 1 aliphatic heterocycles. The fraction of sp³-hybridized carbons (Fsp3) is 0.478. The first-order chi connectivity index (χ1) is 15.5. The van der Waals surface area contributed by atoms with Gasteiger partial charge in [-0.15, -0.1) is 0 Å². The molecule has 0 bridgehead atoms. The number of anilines is 3. The van der Waals surface area contributed by atoms with Crippen molar-refractivity contribution in [3.05, 3.63) is 41.6 Å². The zero-order chi connectivity index (χ0) is 22.5. The number of piperazine rings is 1. The second-order valence-electron chi connectivity index (χ2n) is 8.60. The van der Waals surface area contributed by atoms with Gasteiger partial charge in [-0.2, -0.15) is 4.98 Å². The molecule has 2 heterocycles. The molecular weight excluding hydrogens is 406 g/mol. The molecule has 1 aromatic carbocycles. The summed E-state index contributed by atoms with van der Waals surface area (Å²) in [5, 5.41) is 6.47. The Hall–Kier alpha value is -3.20. The van der Waals surface area contributed by atoms with Gasteiger partial charge in [0.25, 0.3) is 0 Å². The van der Waals surface area contributed by atoms with Crippen molar-refractivity contribution in [3.63, 3.8) is 0 Å². The maximum absolute atomic E-state index is 12.7. The highest BCUT2D eigenvalue weighted by Crippen LogP contribution is 2.42. The van der Waals surface area contributed by atoms with Crippen LogP contribution >= 0.6 is 0 Å². The second kappa shape index (κ2) is 9.95. The van der Waals surface area contributed by atoms with Crippen LogP contribution < -0.4 is 16.4 Å². The Balaban J connectivity index is 1.41. The average molecular weight is 438 g/mol. The molecule has 2 aliphatic rings. The number of carbonyl (C=O) groups excluding carboxylic acids is 2. The summed E-state index contributed by atoms with van der Waals surface area (Å²) in [4.78, 5) is 37.0. The summed E-state index contributed by atoms with van der Waals surface area (Å²) in [6.45, 7) is 3.82. The number of carbonyl (C=O) groups is 2. The summed E-state index contributed by atoms with van der Waals surface area (Å²) in [5.74, 6) is 1.50. The monoisotopic (exact) mass is 437 g/mol. The molecule has 1 saturated carbocycles. The minimum Gasteiger partial charge on any atom is -0.370 e. The first-order valence-corrected chi connectivity index (χ1v) is 11.2. The summed E-state index contributed by atoms with van der Waals surface area (Å²) in [6, 6.07) is 7.79. The normalized spacial score (nSPS) is 16.6. The third-order valence-corrected chi connectivity index (χ3v) is 5.89. The highest BCUT2D eigenvalue weighted by Gasteiger charge is 2.27. The van der Waals surface area contributed by atoms with Gasteiger partial charge < -0.3 is 26.2 Å². The molecule has 4 rings (SSSR count). The van der Waals surface area contributed by atoms with Gasteiger partial charge in [-0.3, -0.25) is 9.59 Å². The minimum absolute atomic E-state index is 0.154. The lowest BCUT2D eigenvalue weighted by atomic mass is 10.1. The molecule has 2 fully saturated rings. The summed E-state index contributed by atoms with van der Waals surface area (Å²) in [5.41, 5.74) is 8.11. The lowest BCUT2D eigenvalue weighted by molar-refractivity contribution is -0.132. The highest BCUT2D eigenvalue weighted by molar-refractivity contribution is 5.79. The zero-order valence-electron chi connectivity index (χ0n) is 18.5. The van der Waals surface area contributed by atoms with E-state index in [2.05, 4.69) is 32.5 Å². The highest BCUT2D eigenvalue weighted by atomic mass is 16.2. The van der Waals surface area contributed by atoms with Gasteiger partial charge in [-0.1, -0.05) is 12.1 Å². The Morgan fingerprint density at radius 3 is 2.69 bits per heavy atom. The lowest BCUT2D eigenvalue weighted by Gasteiger charge is -2.32. The van der Waals surface area contributed by atoms with Crippen molar-refractivity contribution in [3.8, 4) is 0 Å². The molecule has 1 aromatic heterocycles. The van der Waals surface area contributed by atoms with Gasteiger partial charge in [0.1, 0.15) is 5.82 Å². The standard InChI is InChI=1S/C23H31N7O2/c1-29-9-11-30(12-10-29)21(32)14-16-3-2-4-18(13-16)27-23-26-15-19(17-5-6-17)22(28-23)25-8-7-20(24)31/h2-4,13,15,17H,5-12,14H2,1H3,(H2,24,31)(H2,25,26,27,28). The zero-order valence-corrected chi connectivity index (χ0v) is 18.5. The van der Waals surface area contributed by atoms with Crippen LogP contribution in [0.2, 0.25) is 0 Å². The third-order valence-electron chi connectivity index (χ3n) is 5.89. The van der Waals surface area contributed by atoms with Crippen LogP contribution in [0.5, 0.6) is 0 Å². The third kappa shape index (κ3) is 5.94. The second-order valence-corrected chi connectivity index (χ2v) is 8.60. The van der Waals surface area contributed by atoms with Crippen molar-refractivity contribution < 1.29 is 9.59 Å². The van der Waals surface area contributed by atoms with E-state index in [1.165, 1.54) is 0 Å². The number of rotatable bonds is 9. The fourth-order valence-electron chi connectivity index (χ4n) is 3.82. The summed E-state index contributed by atoms with van der Waals surface area (Å²) in [6.07, 6.45) is 4.73. The Morgan fingerprint density at radius 1 is 1.19 bits per heavy atom. The van der Waals surface area contributed by atoms with Crippen molar-refractivity contribution in [1.82, 2.24) is 19.8 Å². The van der Waals surface area contributed by atoms with E-state index in [1.807, 2.05) is 35.4 Å². The minimum atomic E-state index is -0.346. The molecule has 0 unspecified atom stereocenters. The average Bonchev–Trinajstić information content (AvgIpc) is 3.60. The van der Waals surface area contributed by atoms with Crippen molar-refractivity contribution in [2.24, 2.45) is 5.73 Å². The van der Waals surface area contributed by atoms with Crippen LogP contribution in [0.3, 0.4) is 0 Å². The van der Waals surface area contributed by atoms with E-state index < -0.39 is 0 Å². The molecule has 0 spiro atoms. The molecule has 1 aliphatic carbocycles. The molecule has 9 heteroatoms. The number of likely N-dealkylation sites (N-methyl/N-ethyl adjacent to an activating group) is 1. The molecule has 2 aromatic rings. The quantitative estimate of drug-likeness (QED) is 0.547. The van der Waals surface area contributed by atoms with Crippen molar-refractivity contribution in [1.29, 1.82) is 0 Å². The summed E-state index contributed by atoms with van der Waals surface area (Å²) in [7, 11) is 2.08. The number of hydrogen-bond acceptors (Lipinski definition) is 7. The largest absolute Gasteiger partial charge is 0.370 e. The fourth-order valence-corrected chi connectivity index (χ4v) is 3.82. The molecular formula is C23H31N7O2. The van der Waals surface area contributed by atoms with Gasteiger partial charge in [-0.25, -0.2) is 4.98 Å². The number of nitrogens with two attached hydrogens (primary N) is 1. The first-order valence-electron chi connectivity index (χ1n) is 11.2. The van der Waals surface area contributed by atoms with Crippen LogP contribution in [0.15, 0.2) is 30.5 Å². The van der Waals surface area contributed by atoms with Crippen molar-refractivity contribution in [2.75, 3.05) is 50.4 Å². The van der Waals surface area contributed by atoms with E-state index in [0.29, 0.717) is 24.8 Å². The van der Waals surface area contributed by atoms with Crippen molar-refractivity contribution >= 4 is 29.3 Å². The van der Waals surface area contributed by atoms with Crippen LogP contribution in [0.1, 0.15) is 36.3 Å². The van der Waals surface area contributed by atoms with Gasteiger partial charge in [0, 0.05) is 56.6 Å². The number of amides is 2. The Morgan fingerprint density at radius 2 is 1.97 bits per heavy atom. The lowest BCUT2D eigenvalue weighted by Crippen LogP contribution is -2.47. The molecule has 170 valence electrons. The molecule has 32 heavy (non-hydrogen) atoms.